The summed E-state index contributed by atoms with van der Waals surface area (Å²) in [5.74, 6) is 0. The highest BCUT2D eigenvalue weighted by Gasteiger charge is 2.25. The third-order valence-corrected chi connectivity index (χ3v) is 5.53. The minimum absolute atomic E-state index is 0.362. The summed E-state index contributed by atoms with van der Waals surface area (Å²) in [4.78, 5) is 0.386. The summed E-state index contributed by atoms with van der Waals surface area (Å²) in [5, 5.41) is 3.37. The lowest BCUT2D eigenvalue weighted by Crippen LogP contribution is -2.31. The Morgan fingerprint density at radius 2 is 2.05 bits per heavy atom. The fraction of sp³-hybridized carbons (Fsp3) is 0.600. The molecular formula is C15H24N2O3S. The monoisotopic (exact) mass is 312 g/mol. The van der Waals surface area contributed by atoms with E-state index in [0.717, 1.165) is 5.56 Å². The van der Waals surface area contributed by atoms with Crippen molar-refractivity contribution in [2.75, 3.05) is 26.8 Å². The zero-order valence-electron chi connectivity index (χ0n) is 12.7. The largest absolute Gasteiger partial charge is 0.380 e. The van der Waals surface area contributed by atoms with E-state index >= 15 is 0 Å². The molecule has 21 heavy (non-hydrogen) atoms. The van der Waals surface area contributed by atoms with Gasteiger partial charge in [-0.1, -0.05) is 18.2 Å². The molecule has 0 aliphatic heterocycles. The van der Waals surface area contributed by atoms with Gasteiger partial charge in [-0.2, -0.15) is 4.31 Å². The molecule has 0 atom stereocenters. The average Bonchev–Trinajstić information content (AvgIpc) is 3.29. The van der Waals surface area contributed by atoms with Crippen molar-refractivity contribution in [3.05, 3.63) is 29.8 Å². The van der Waals surface area contributed by atoms with Crippen LogP contribution in [0.15, 0.2) is 29.2 Å². The number of likely N-dealkylation sites (N-methyl/N-ethyl adjacent to an activating group) is 1. The molecule has 1 N–H and O–H groups in total. The summed E-state index contributed by atoms with van der Waals surface area (Å²) in [5.41, 5.74) is 0.827. The number of nitrogens with one attached hydrogen (secondary N) is 1. The zero-order chi connectivity index (χ0) is 15.3. The van der Waals surface area contributed by atoms with E-state index in [1.165, 1.54) is 17.1 Å². The maximum atomic E-state index is 12.7. The second kappa shape index (κ2) is 7.35. The van der Waals surface area contributed by atoms with E-state index in [2.05, 4.69) is 5.32 Å². The van der Waals surface area contributed by atoms with Gasteiger partial charge in [0.2, 0.25) is 10.0 Å². The summed E-state index contributed by atoms with van der Waals surface area (Å²) in [6, 6.07) is 7.75. The smallest absolute Gasteiger partial charge is 0.243 e. The Labute approximate surface area is 127 Å². The van der Waals surface area contributed by atoms with E-state index in [1.807, 2.05) is 19.1 Å². The van der Waals surface area contributed by atoms with Crippen molar-refractivity contribution in [3.63, 3.8) is 0 Å². The molecule has 1 aliphatic rings. The van der Waals surface area contributed by atoms with Crippen LogP contribution in [-0.2, 0) is 21.3 Å². The fourth-order valence-corrected chi connectivity index (χ4v) is 3.44. The number of ether oxygens (including phenoxy) is 1. The van der Waals surface area contributed by atoms with Crippen LogP contribution in [0, 0.1) is 0 Å². The normalized spacial score (nSPS) is 15.6. The molecule has 1 aromatic rings. The van der Waals surface area contributed by atoms with Gasteiger partial charge in [0.15, 0.2) is 0 Å². The highest BCUT2D eigenvalue weighted by molar-refractivity contribution is 7.89. The molecule has 0 unspecified atom stereocenters. The molecule has 0 radical (unpaired) electrons. The standard InChI is InChI=1S/C15H24N2O3S/c1-3-20-11-10-17(2)21(18,19)15-7-5-4-6-13(15)12-16-14-8-9-14/h4-7,14,16H,3,8-12H2,1-2H3. The third kappa shape index (κ3) is 4.51. The van der Waals surface area contributed by atoms with Crippen molar-refractivity contribution in [3.8, 4) is 0 Å². The average molecular weight is 312 g/mol. The summed E-state index contributed by atoms with van der Waals surface area (Å²) < 4.78 is 31.9. The molecule has 0 bridgehead atoms. The van der Waals surface area contributed by atoms with Gasteiger partial charge in [0, 0.05) is 32.8 Å². The Morgan fingerprint density at radius 3 is 2.71 bits per heavy atom. The van der Waals surface area contributed by atoms with Crippen LogP contribution in [0.1, 0.15) is 25.3 Å². The second-order valence-corrected chi connectivity index (χ2v) is 7.30. The molecular weight excluding hydrogens is 288 g/mol. The number of hydrogen-bond acceptors (Lipinski definition) is 4. The van der Waals surface area contributed by atoms with Crippen molar-refractivity contribution in [2.24, 2.45) is 0 Å². The van der Waals surface area contributed by atoms with Crippen LogP contribution >= 0.6 is 0 Å². The van der Waals surface area contributed by atoms with Crippen molar-refractivity contribution in [1.82, 2.24) is 9.62 Å². The molecule has 1 aliphatic carbocycles. The van der Waals surface area contributed by atoms with Gasteiger partial charge in [-0.25, -0.2) is 8.42 Å². The minimum Gasteiger partial charge on any atom is -0.380 e. The predicted octanol–water partition coefficient (Wildman–Crippen LogP) is 1.60. The Bertz CT molecular complexity index is 556. The van der Waals surface area contributed by atoms with Crippen LogP contribution < -0.4 is 5.32 Å². The molecule has 0 heterocycles. The Balaban J connectivity index is 2.10. The molecule has 0 amide bonds. The molecule has 0 aromatic heterocycles. The van der Waals surface area contributed by atoms with Gasteiger partial charge < -0.3 is 10.1 Å². The molecule has 1 saturated carbocycles. The number of benzene rings is 1. The van der Waals surface area contributed by atoms with E-state index in [1.54, 1.807) is 19.2 Å². The lowest BCUT2D eigenvalue weighted by molar-refractivity contribution is 0.138. The van der Waals surface area contributed by atoms with Crippen molar-refractivity contribution in [2.45, 2.75) is 37.2 Å². The molecule has 5 nitrogen and oxygen atoms in total. The van der Waals surface area contributed by atoms with Crippen LogP contribution in [0.25, 0.3) is 0 Å². The quantitative estimate of drug-likeness (QED) is 0.704. The van der Waals surface area contributed by atoms with Crippen molar-refractivity contribution in [1.29, 1.82) is 0 Å². The Kier molecular flexibility index (Phi) is 5.75. The van der Waals surface area contributed by atoms with Crippen LogP contribution in [0.5, 0.6) is 0 Å². The number of sulfonamides is 1. The van der Waals surface area contributed by atoms with Crippen LogP contribution in [0.2, 0.25) is 0 Å². The maximum Gasteiger partial charge on any atom is 0.243 e. The van der Waals surface area contributed by atoms with Crippen LogP contribution in [-0.4, -0.2) is 45.6 Å². The SMILES string of the molecule is CCOCCN(C)S(=O)(=O)c1ccccc1CNC1CC1. The topological polar surface area (TPSA) is 58.6 Å². The first-order valence-corrected chi connectivity index (χ1v) is 8.85. The number of nitrogens with zero attached hydrogens (tertiary/aromatic N) is 1. The van der Waals surface area contributed by atoms with Gasteiger partial charge >= 0.3 is 0 Å². The summed E-state index contributed by atoms with van der Waals surface area (Å²) in [6.45, 7) is 3.86. The molecule has 1 aromatic carbocycles. The Hall–Kier alpha value is -0.950. The molecule has 2 rings (SSSR count). The van der Waals surface area contributed by atoms with Gasteiger partial charge in [0.05, 0.1) is 11.5 Å². The second-order valence-electron chi connectivity index (χ2n) is 5.29. The van der Waals surface area contributed by atoms with E-state index in [4.69, 9.17) is 4.74 Å². The van der Waals surface area contributed by atoms with Crippen LogP contribution in [0.4, 0.5) is 0 Å². The fourth-order valence-electron chi connectivity index (χ4n) is 2.07. The predicted molar refractivity (Wildman–Crippen MR) is 82.6 cm³/mol. The van der Waals surface area contributed by atoms with Crippen molar-refractivity contribution >= 4 is 10.0 Å². The van der Waals surface area contributed by atoms with E-state index in [0.29, 0.717) is 37.2 Å². The van der Waals surface area contributed by atoms with Crippen molar-refractivity contribution < 1.29 is 13.2 Å². The van der Waals surface area contributed by atoms with Gasteiger partial charge in [-0.05, 0) is 31.4 Å². The van der Waals surface area contributed by atoms with Gasteiger partial charge in [-0.3, -0.25) is 0 Å². The summed E-state index contributed by atoms with van der Waals surface area (Å²) >= 11 is 0. The zero-order valence-corrected chi connectivity index (χ0v) is 13.5. The summed E-state index contributed by atoms with van der Waals surface area (Å²) in [7, 11) is -1.87. The van der Waals surface area contributed by atoms with E-state index in [9.17, 15) is 8.42 Å². The number of hydrogen-bond donors (Lipinski definition) is 1. The first kappa shape index (κ1) is 16.4. The van der Waals surface area contributed by atoms with Gasteiger partial charge in [0.1, 0.15) is 0 Å². The highest BCUT2D eigenvalue weighted by atomic mass is 32.2. The highest BCUT2D eigenvalue weighted by Crippen LogP contribution is 2.22. The van der Waals surface area contributed by atoms with E-state index in [-0.39, 0.29) is 0 Å². The molecule has 0 saturated heterocycles. The molecule has 0 spiro atoms. The first-order valence-electron chi connectivity index (χ1n) is 7.41. The van der Waals surface area contributed by atoms with Crippen LogP contribution in [0.3, 0.4) is 0 Å². The van der Waals surface area contributed by atoms with Gasteiger partial charge in [-0.15, -0.1) is 0 Å². The lowest BCUT2D eigenvalue weighted by Gasteiger charge is -2.19. The molecule has 1 fully saturated rings. The van der Waals surface area contributed by atoms with E-state index < -0.39 is 10.0 Å². The summed E-state index contributed by atoms with van der Waals surface area (Å²) in [6.07, 6.45) is 2.37. The Morgan fingerprint density at radius 1 is 1.33 bits per heavy atom. The number of rotatable bonds is 9. The maximum absolute atomic E-state index is 12.7. The van der Waals surface area contributed by atoms with Gasteiger partial charge in [0.25, 0.3) is 0 Å². The third-order valence-electron chi connectivity index (χ3n) is 3.57. The molecule has 6 heteroatoms. The lowest BCUT2D eigenvalue weighted by atomic mass is 10.2. The molecule has 118 valence electrons. The first-order chi connectivity index (χ1) is 10.1. The minimum atomic E-state index is -3.46.